The van der Waals surface area contributed by atoms with Crippen LogP contribution in [-0.4, -0.2) is 18.5 Å². The molecule has 0 bridgehead atoms. The number of nitriles is 1. The molecule has 0 saturated carbocycles. The van der Waals surface area contributed by atoms with E-state index in [0.29, 0.717) is 11.6 Å². The van der Waals surface area contributed by atoms with Crippen molar-refractivity contribution in [3.63, 3.8) is 0 Å². The van der Waals surface area contributed by atoms with Gasteiger partial charge in [-0.3, -0.25) is 4.79 Å². The maximum Gasteiger partial charge on any atom is 0.266 e. The highest BCUT2D eigenvalue weighted by atomic mass is 16.1. The van der Waals surface area contributed by atoms with Gasteiger partial charge in [0.25, 0.3) is 5.91 Å². The number of amides is 1. The van der Waals surface area contributed by atoms with Crippen LogP contribution in [0.1, 0.15) is 44.2 Å². The molecule has 138 valence electrons. The third-order valence-corrected chi connectivity index (χ3v) is 5.37. The number of carbonyl (C=O) groups is 1. The summed E-state index contributed by atoms with van der Waals surface area (Å²) in [6.45, 7) is 6.73. The number of para-hydroxylation sites is 1. The summed E-state index contributed by atoms with van der Waals surface area (Å²) in [5.74, 6) is 0.0240. The quantitative estimate of drug-likeness (QED) is 0.623. The van der Waals surface area contributed by atoms with Crippen LogP contribution in [0.2, 0.25) is 0 Å². The number of hydrogen-bond donors (Lipinski definition) is 1. The smallest absolute Gasteiger partial charge is 0.266 e. The van der Waals surface area contributed by atoms with Crippen molar-refractivity contribution in [2.45, 2.75) is 38.6 Å². The second-order valence-electron chi connectivity index (χ2n) is 7.78. The molecule has 2 aromatic rings. The summed E-state index contributed by atoms with van der Waals surface area (Å²) in [7, 11) is 2.12. The van der Waals surface area contributed by atoms with E-state index < -0.39 is 5.91 Å². The van der Waals surface area contributed by atoms with Gasteiger partial charge >= 0.3 is 0 Å². The lowest BCUT2D eigenvalue weighted by Gasteiger charge is -2.45. The fourth-order valence-corrected chi connectivity index (χ4v) is 3.72. The number of nitrogens with one attached hydrogen (secondary N) is 1. The Labute approximate surface area is 161 Å². The molecule has 4 nitrogen and oxygen atoms in total. The lowest BCUT2D eigenvalue weighted by molar-refractivity contribution is -0.112. The van der Waals surface area contributed by atoms with E-state index in [4.69, 9.17) is 0 Å². The van der Waals surface area contributed by atoms with Crippen LogP contribution in [0.4, 0.5) is 11.4 Å². The monoisotopic (exact) mass is 359 g/mol. The van der Waals surface area contributed by atoms with Crippen LogP contribution in [0.3, 0.4) is 0 Å². The number of nitrogens with zero attached hydrogens (tertiary/aromatic N) is 2. The molecule has 1 N–H and O–H groups in total. The van der Waals surface area contributed by atoms with Crippen LogP contribution in [-0.2, 0) is 4.79 Å². The van der Waals surface area contributed by atoms with Crippen molar-refractivity contribution in [3.8, 4) is 6.07 Å². The van der Waals surface area contributed by atoms with Gasteiger partial charge in [0, 0.05) is 24.0 Å². The van der Waals surface area contributed by atoms with Crippen molar-refractivity contribution in [2.75, 3.05) is 17.3 Å². The Balaban J connectivity index is 1.89. The highest BCUT2D eigenvalue weighted by molar-refractivity contribution is 6.09. The third-order valence-electron chi connectivity index (χ3n) is 5.37. The summed E-state index contributed by atoms with van der Waals surface area (Å²) in [4.78, 5) is 14.7. The van der Waals surface area contributed by atoms with Gasteiger partial charge < -0.3 is 10.2 Å². The Morgan fingerprint density at radius 2 is 1.96 bits per heavy atom. The van der Waals surface area contributed by atoms with Crippen LogP contribution in [0.25, 0.3) is 6.08 Å². The third kappa shape index (κ3) is 3.88. The Kier molecular flexibility index (Phi) is 5.05. The second-order valence-corrected chi connectivity index (χ2v) is 7.78. The molecule has 1 aliphatic rings. The predicted octanol–water partition coefficient (Wildman–Crippen LogP) is 4.95. The fourth-order valence-electron chi connectivity index (χ4n) is 3.72. The standard InChI is InChI=1S/C23H25N3O/c1-16-14-23(2,3)26(4)21-11-10-17(13-20(16)21)12-18(15-24)22(27)25-19-8-6-5-7-9-19/h5-13,16H,14H2,1-4H3,(H,25,27)/b18-12+. The average molecular weight is 359 g/mol. The predicted molar refractivity (Wildman–Crippen MR) is 111 cm³/mol. The molecule has 1 heterocycles. The normalized spacial score (nSPS) is 18.4. The first-order chi connectivity index (χ1) is 12.8. The highest BCUT2D eigenvalue weighted by Crippen LogP contribution is 2.42. The number of carbonyl (C=O) groups excluding carboxylic acids is 1. The number of hydrogen-bond acceptors (Lipinski definition) is 3. The Bertz CT molecular complexity index is 922. The molecule has 0 fully saturated rings. The molecule has 2 aromatic carbocycles. The summed E-state index contributed by atoms with van der Waals surface area (Å²) in [6.07, 6.45) is 2.72. The van der Waals surface area contributed by atoms with Crippen LogP contribution < -0.4 is 10.2 Å². The zero-order valence-electron chi connectivity index (χ0n) is 16.3. The topological polar surface area (TPSA) is 56.1 Å². The maximum absolute atomic E-state index is 12.4. The molecule has 0 aliphatic carbocycles. The van der Waals surface area contributed by atoms with E-state index in [2.05, 4.69) is 50.2 Å². The molecule has 1 aliphatic heterocycles. The van der Waals surface area contributed by atoms with Gasteiger partial charge in [0.1, 0.15) is 11.6 Å². The fraction of sp³-hybridized carbons (Fsp3) is 0.304. The molecule has 0 saturated heterocycles. The zero-order chi connectivity index (χ0) is 19.6. The van der Waals surface area contributed by atoms with Crippen LogP contribution in [0.15, 0.2) is 54.1 Å². The minimum Gasteiger partial charge on any atom is -0.369 e. The van der Waals surface area contributed by atoms with Crippen LogP contribution in [0.5, 0.6) is 0 Å². The van der Waals surface area contributed by atoms with Gasteiger partial charge in [-0.05, 0) is 67.7 Å². The number of fused-ring (bicyclic) bond motifs is 1. The van der Waals surface area contributed by atoms with Gasteiger partial charge in [0.15, 0.2) is 0 Å². The first-order valence-electron chi connectivity index (χ1n) is 9.18. The summed E-state index contributed by atoms with van der Waals surface area (Å²) in [5.41, 5.74) is 4.21. The minimum absolute atomic E-state index is 0.0935. The largest absolute Gasteiger partial charge is 0.369 e. The van der Waals surface area contributed by atoms with Gasteiger partial charge in [0.05, 0.1) is 0 Å². The number of benzene rings is 2. The van der Waals surface area contributed by atoms with Crippen molar-refractivity contribution in [1.29, 1.82) is 5.26 Å². The molecule has 0 aromatic heterocycles. The van der Waals surface area contributed by atoms with Crippen molar-refractivity contribution >= 4 is 23.4 Å². The van der Waals surface area contributed by atoms with Crippen molar-refractivity contribution in [2.24, 2.45) is 0 Å². The first-order valence-corrected chi connectivity index (χ1v) is 9.18. The summed E-state index contributed by atoms with van der Waals surface area (Å²) in [5, 5.41) is 12.2. The second kappa shape index (κ2) is 7.28. The van der Waals surface area contributed by atoms with E-state index in [1.807, 2.05) is 30.3 Å². The van der Waals surface area contributed by atoms with Gasteiger partial charge in [0.2, 0.25) is 0 Å². The molecule has 0 spiro atoms. The van der Waals surface area contributed by atoms with Crippen molar-refractivity contribution in [1.82, 2.24) is 0 Å². The van der Waals surface area contributed by atoms with E-state index in [1.165, 1.54) is 11.3 Å². The maximum atomic E-state index is 12.4. The molecule has 1 atom stereocenters. The lowest BCUT2D eigenvalue weighted by atomic mass is 9.80. The van der Waals surface area contributed by atoms with Gasteiger partial charge in [-0.25, -0.2) is 0 Å². The van der Waals surface area contributed by atoms with Crippen molar-refractivity contribution in [3.05, 3.63) is 65.2 Å². The van der Waals surface area contributed by atoms with Crippen LogP contribution >= 0.6 is 0 Å². The Morgan fingerprint density at radius 3 is 2.63 bits per heavy atom. The lowest BCUT2D eigenvalue weighted by Crippen LogP contribution is -2.45. The Morgan fingerprint density at radius 1 is 1.26 bits per heavy atom. The SMILES string of the molecule is CC1CC(C)(C)N(C)c2ccc(/C=C(\C#N)C(=O)Nc3ccccc3)cc21. The molecule has 1 amide bonds. The molecule has 1 unspecified atom stereocenters. The average Bonchev–Trinajstić information content (AvgIpc) is 2.64. The van der Waals surface area contributed by atoms with Gasteiger partial charge in [-0.2, -0.15) is 5.26 Å². The summed E-state index contributed by atoms with van der Waals surface area (Å²) >= 11 is 0. The number of rotatable bonds is 3. The van der Waals surface area contributed by atoms with Crippen molar-refractivity contribution < 1.29 is 4.79 Å². The Hall–Kier alpha value is -3.06. The number of anilines is 2. The van der Waals surface area contributed by atoms with E-state index in [9.17, 15) is 10.1 Å². The first kappa shape index (κ1) is 18.7. The molecular formula is C23H25N3O. The van der Waals surface area contributed by atoms with Crippen LogP contribution in [0, 0.1) is 11.3 Å². The molecule has 0 radical (unpaired) electrons. The van der Waals surface area contributed by atoms with Gasteiger partial charge in [-0.15, -0.1) is 0 Å². The molecular weight excluding hydrogens is 334 g/mol. The molecule has 27 heavy (non-hydrogen) atoms. The molecule has 4 heteroatoms. The van der Waals surface area contributed by atoms with E-state index in [-0.39, 0.29) is 11.1 Å². The highest BCUT2D eigenvalue weighted by Gasteiger charge is 2.33. The van der Waals surface area contributed by atoms with E-state index >= 15 is 0 Å². The summed E-state index contributed by atoms with van der Waals surface area (Å²) < 4.78 is 0. The minimum atomic E-state index is -0.396. The zero-order valence-corrected chi connectivity index (χ0v) is 16.3. The molecule has 3 rings (SSSR count). The van der Waals surface area contributed by atoms with E-state index in [1.54, 1.807) is 18.2 Å². The summed E-state index contributed by atoms with van der Waals surface area (Å²) in [6, 6.07) is 17.3. The van der Waals surface area contributed by atoms with E-state index in [0.717, 1.165) is 12.0 Å². The van der Waals surface area contributed by atoms with Gasteiger partial charge in [-0.1, -0.05) is 31.2 Å².